The van der Waals surface area contributed by atoms with E-state index in [2.05, 4.69) is 17.2 Å². The number of methoxy groups -OCH3 is 1. The Morgan fingerprint density at radius 1 is 1.16 bits per heavy atom. The highest BCUT2D eigenvalue weighted by Crippen LogP contribution is 2.15. The van der Waals surface area contributed by atoms with Gasteiger partial charge in [-0.05, 0) is 42.7 Å². The molecule has 5 nitrogen and oxygen atoms in total. The zero-order valence-corrected chi connectivity index (χ0v) is 14.7. The molecule has 130 valence electrons. The molecule has 5 heteroatoms. The summed E-state index contributed by atoms with van der Waals surface area (Å²) in [5.74, 6) is 0.762. The number of benzene rings is 1. The van der Waals surface area contributed by atoms with Crippen molar-refractivity contribution in [3.8, 4) is 5.75 Å². The van der Waals surface area contributed by atoms with Crippen molar-refractivity contribution < 1.29 is 9.53 Å². The Bertz CT molecular complexity index is 853. The van der Waals surface area contributed by atoms with Crippen LogP contribution in [-0.4, -0.2) is 28.9 Å². The maximum atomic E-state index is 12.7. The number of nitrogens with one attached hydrogen (secondary N) is 1. The standard InChI is InChI=1S/C20H23N3O2/c1-3-6-17-19(23-14-5-4-7-18(23)22-17)20(24)21-13-12-15-8-10-16(25-2)11-9-15/h4-5,7-11,14H,3,6,12-13H2,1-2H3,(H,21,24). The maximum absolute atomic E-state index is 12.7. The number of imidazole rings is 1. The normalized spacial score (nSPS) is 10.8. The van der Waals surface area contributed by atoms with Crippen molar-refractivity contribution in [1.29, 1.82) is 0 Å². The molecule has 0 spiro atoms. The summed E-state index contributed by atoms with van der Waals surface area (Å²) in [6.45, 7) is 2.67. The lowest BCUT2D eigenvalue weighted by Crippen LogP contribution is -2.27. The van der Waals surface area contributed by atoms with Crippen LogP contribution in [0.15, 0.2) is 48.7 Å². The van der Waals surface area contributed by atoms with E-state index in [0.29, 0.717) is 12.2 Å². The van der Waals surface area contributed by atoms with Crippen molar-refractivity contribution >= 4 is 11.6 Å². The van der Waals surface area contributed by atoms with E-state index in [1.807, 2.05) is 53.1 Å². The van der Waals surface area contributed by atoms with Crippen LogP contribution in [0.3, 0.4) is 0 Å². The first-order valence-corrected chi connectivity index (χ1v) is 8.60. The monoisotopic (exact) mass is 337 g/mol. The molecule has 0 aliphatic heterocycles. The summed E-state index contributed by atoms with van der Waals surface area (Å²) >= 11 is 0. The molecule has 2 aromatic heterocycles. The molecule has 0 aliphatic carbocycles. The van der Waals surface area contributed by atoms with Crippen molar-refractivity contribution in [2.75, 3.05) is 13.7 Å². The first-order chi connectivity index (χ1) is 12.2. The van der Waals surface area contributed by atoms with Gasteiger partial charge in [0.25, 0.3) is 5.91 Å². The lowest BCUT2D eigenvalue weighted by atomic mass is 10.1. The molecule has 0 saturated carbocycles. The van der Waals surface area contributed by atoms with Gasteiger partial charge >= 0.3 is 0 Å². The molecule has 0 fully saturated rings. The number of aryl methyl sites for hydroxylation is 1. The van der Waals surface area contributed by atoms with Gasteiger partial charge in [0.2, 0.25) is 0 Å². The number of hydrogen-bond donors (Lipinski definition) is 1. The molecule has 3 aromatic rings. The third kappa shape index (κ3) is 3.82. The summed E-state index contributed by atoms with van der Waals surface area (Å²) in [5, 5.41) is 3.02. The molecule has 3 rings (SSSR count). The highest BCUT2D eigenvalue weighted by atomic mass is 16.5. The zero-order valence-electron chi connectivity index (χ0n) is 14.7. The van der Waals surface area contributed by atoms with Gasteiger partial charge in [-0.1, -0.05) is 31.5 Å². The number of hydrogen-bond acceptors (Lipinski definition) is 3. The Hall–Kier alpha value is -2.82. The van der Waals surface area contributed by atoms with Gasteiger partial charge in [0.1, 0.15) is 17.1 Å². The van der Waals surface area contributed by atoms with Crippen LogP contribution in [0.1, 0.15) is 35.1 Å². The fourth-order valence-electron chi connectivity index (χ4n) is 2.89. The molecule has 1 aromatic carbocycles. The molecular formula is C20H23N3O2. The molecule has 1 N–H and O–H groups in total. The van der Waals surface area contributed by atoms with Gasteiger partial charge in [-0.25, -0.2) is 4.98 Å². The van der Waals surface area contributed by atoms with E-state index in [4.69, 9.17) is 4.74 Å². The highest BCUT2D eigenvalue weighted by Gasteiger charge is 2.18. The number of fused-ring (bicyclic) bond motifs is 1. The van der Waals surface area contributed by atoms with E-state index in [1.54, 1.807) is 7.11 Å². The molecule has 0 bridgehead atoms. The number of nitrogens with zero attached hydrogens (tertiary/aromatic N) is 2. The van der Waals surface area contributed by atoms with Gasteiger partial charge < -0.3 is 10.1 Å². The van der Waals surface area contributed by atoms with Crippen LogP contribution in [0, 0.1) is 0 Å². The summed E-state index contributed by atoms with van der Waals surface area (Å²) in [7, 11) is 1.65. The lowest BCUT2D eigenvalue weighted by molar-refractivity contribution is 0.0947. The minimum absolute atomic E-state index is 0.0735. The number of carbonyl (C=O) groups is 1. The largest absolute Gasteiger partial charge is 0.497 e. The van der Waals surface area contributed by atoms with E-state index in [-0.39, 0.29) is 5.91 Å². The predicted octanol–water partition coefficient (Wildman–Crippen LogP) is 3.27. The fraction of sp³-hybridized carbons (Fsp3) is 0.300. The maximum Gasteiger partial charge on any atom is 0.270 e. The quantitative estimate of drug-likeness (QED) is 0.720. The number of rotatable bonds is 7. The second-order valence-corrected chi connectivity index (χ2v) is 5.94. The minimum Gasteiger partial charge on any atom is -0.497 e. The van der Waals surface area contributed by atoms with Gasteiger partial charge in [-0.3, -0.25) is 9.20 Å². The van der Waals surface area contributed by atoms with Crippen LogP contribution in [0.25, 0.3) is 5.65 Å². The first-order valence-electron chi connectivity index (χ1n) is 8.60. The van der Waals surface area contributed by atoms with Gasteiger partial charge in [-0.2, -0.15) is 0 Å². The fourth-order valence-corrected chi connectivity index (χ4v) is 2.89. The van der Waals surface area contributed by atoms with Crippen LogP contribution in [0.2, 0.25) is 0 Å². The van der Waals surface area contributed by atoms with Crippen LogP contribution in [0.4, 0.5) is 0 Å². The Kier molecular flexibility index (Phi) is 5.33. The van der Waals surface area contributed by atoms with Crippen molar-refractivity contribution in [2.24, 2.45) is 0 Å². The molecule has 1 amide bonds. The van der Waals surface area contributed by atoms with Gasteiger partial charge in [-0.15, -0.1) is 0 Å². The van der Waals surface area contributed by atoms with Crippen LogP contribution in [0.5, 0.6) is 5.75 Å². The Balaban J connectivity index is 1.70. The Morgan fingerprint density at radius 3 is 2.68 bits per heavy atom. The smallest absolute Gasteiger partial charge is 0.270 e. The third-order valence-corrected chi connectivity index (χ3v) is 4.16. The van der Waals surface area contributed by atoms with Crippen molar-refractivity contribution in [2.45, 2.75) is 26.2 Å². The van der Waals surface area contributed by atoms with Gasteiger partial charge in [0, 0.05) is 12.7 Å². The molecule has 25 heavy (non-hydrogen) atoms. The number of carbonyl (C=O) groups excluding carboxylic acids is 1. The average molecular weight is 337 g/mol. The number of ether oxygens (including phenoxy) is 1. The number of amides is 1. The van der Waals surface area contributed by atoms with E-state index in [1.165, 1.54) is 0 Å². The van der Waals surface area contributed by atoms with E-state index >= 15 is 0 Å². The highest BCUT2D eigenvalue weighted by molar-refractivity contribution is 5.94. The van der Waals surface area contributed by atoms with Crippen LogP contribution in [-0.2, 0) is 12.8 Å². The summed E-state index contributed by atoms with van der Waals surface area (Å²) in [6.07, 6.45) is 4.41. The molecular weight excluding hydrogens is 314 g/mol. The second-order valence-electron chi connectivity index (χ2n) is 5.94. The zero-order chi connectivity index (χ0) is 17.6. The summed E-state index contributed by atoms with van der Waals surface area (Å²) in [4.78, 5) is 17.3. The summed E-state index contributed by atoms with van der Waals surface area (Å²) in [6, 6.07) is 13.7. The van der Waals surface area contributed by atoms with Gasteiger partial charge in [0.05, 0.1) is 12.8 Å². The topological polar surface area (TPSA) is 55.6 Å². The average Bonchev–Trinajstić information content (AvgIpc) is 3.00. The Morgan fingerprint density at radius 2 is 1.96 bits per heavy atom. The molecule has 0 radical (unpaired) electrons. The molecule has 2 heterocycles. The molecule has 0 saturated heterocycles. The van der Waals surface area contributed by atoms with Crippen molar-refractivity contribution in [3.63, 3.8) is 0 Å². The molecule has 0 aliphatic rings. The molecule has 0 unspecified atom stereocenters. The summed E-state index contributed by atoms with van der Waals surface area (Å²) in [5.41, 5.74) is 3.47. The van der Waals surface area contributed by atoms with Gasteiger partial charge in [0.15, 0.2) is 0 Å². The summed E-state index contributed by atoms with van der Waals surface area (Å²) < 4.78 is 7.03. The molecule has 0 atom stereocenters. The van der Waals surface area contributed by atoms with Crippen molar-refractivity contribution in [1.82, 2.24) is 14.7 Å². The van der Waals surface area contributed by atoms with E-state index < -0.39 is 0 Å². The number of pyridine rings is 1. The van der Waals surface area contributed by atoms with Crippen LogP contribution < -0.4 is 10.1 Å². The SMILES string of the molecule is CCCc1nc2ccccn2c1C(=O)NCCc1ccc(OC)cc1. The predicted molar refractivity (Wildman–Crippen MR) is 98.2 cm³/mol. The van der Waals surface area contributed by atoms with E-state index in [9.17, 15) is 4.79 Å². The minimum atomic E-state index is -0.0735. The Labute approximate surface area is 147 Å². The number of aromatic nitrogens is 2. The second kappa shape index (κ2) is 7.83. The van der Waals surface area contributed by atoms with E-state index in [0.717, 1.165) is 41.9 Å². The lowest BCUT2D eigenvalue weighted by Gasteiger charge is -2.08. The first kappa shape index (κ1) is 17.0. The van der Waals surface area contributed by atoms with Crippen molar-refractivity contribution in [3.05, 3.63) is 65.6 Å². The third-order valence-electron chi connectivity index (χ3n) is 4.16. The van der Waals surface area contributed by atoms with Crippen LogP contribution >= 0.6 is 0 Å².